The number of para-hydroxylation sites is 2. The number of carbonyl (C=O) groups excluding carboxylic acids is 1. The molecule has 9 heteroatoms. The fraction of sp³-hybridized carbons (Fsp3) is 0.167. The Kier molecular flexibility index (Phi) is 7.21. The quantitative estimate of drug-likeness (QED) is 0.218. The van der Waals surface area contributed by atoms with Crippen molar-refractivity contribution in [3.05, 3.63) is 90.1 Å². The van der Waals surface area contributed by atoms with Crippen LogP contribution in [0.25, 0.3) is 5.69 Å². The van der Waals surface area contributed by atoms with Gasteiger partial charge in [0.25, 0.3) is 5.91 Å². The zero-order valence-electron chi connectivity index (χ0n) is 18.3. The maximum Gasteiger partial charge on any atom is 0.253 e. The lowest BCUT2D eigenvalue weighted by atomic mass is 10.3. The van der Waals surface area contributed by atoms with E-state index in [1.54, 1.807) is 13.0 Å². The van der Waals surface area contributed by atoms with Crippen LogP contribution in [0.3, 0.4) is 0 Å². The Morgan fingerprint density at radius 3 is 2.52 bits per heavy atom. The van der Waals surface area contributed by atoms with Crippen molar-refractivity contribution < 1.29 is 9.21 Å². The van der Waals surface area contributed by atoms with Crippen molar-refractivity contribution in [1.82, 2.24) is 20.2 Å². The molecule has 0 aliphatic heterocycles. The molecule has 0 spiro atoms. The Bertz CT molecular complexity index is 1220. The van der Waals surface area contributed by atoms with Crippen LogP contribution in [-0.2, 0) is 11.3 Å². The van der Waals surface area contributed by atoms with Crippen molar-refractivity contribution >= 4 is 29.6 Å². The van der Waals surface area contributed by atoms with Gasteiger partial charge in [-0.05, 0) is 50.2 Å². The molecule has 8 nitrogen and oxygen atoms in total. The van der Waals surface area contributed by atoms with Crippen LogP contribution in [0.1, 0.15) is 24.3 Å². The molecule has 4 aromatic rings. The Balaban J connectivity index is 1.47. The van der Waals surface area contributed by atoms with E-state index in [9.17, 15) is 4.79 Å². The number of hydrogen-bond donors (Lipinski definition) is 2. The molecule has 0 aliphatic carbocycles. The third-order valence-electron chi connectivity index (χ3n) is 4.72. The van der Waals surface area contributed by atoms with Gasteiger partial charge in [0.2, 0.25) is 0 Å². The number of nitrogens with zero attached hydrogens (tertiary/aromatic N) is 4. The van der Waals surface area contributed by atoms with Crippen molar-refractivity contribution in [3.63, 3.8) is 0 Å². The Morgan fingerprint density at radius 1 is 1.09 bits per heavy atom. The van der Waals surface area contributed by atoms with Crippen molar-refractivity contribution in [2.75, 3.05) is 5.32 Å². The van der Waals surface area contributed by atoms with Gasteiger partial charge in [-0.1, -0.05) is 48.2 Å². The number of benzene rings is 2. The Morgan fingerprint density at radius 2 is 1.82 bits per heavy atom. The molecule has 2 heterocycles. The molecule has 33 heavy (non-hydrogen) atoms. The molecule has 0 bridgehead atoms. The third kappa shape index (κ3) is 5.89. The van der Waals surface area contributed by atoms with E-state index in [2.05, 4.69) is 26.0 Å². The highest BCUT2D eigenvalue weighted by molar-refractivity contribution is 8.00. The van der Waals surface area contributed by atoms with Gasteiger partial charge in [-0.3, -0.25) is 9.36 Å². The van der Waals surface area contributed by atoms with Crippen LogP contribution in [0.5, 0.6) is 0 Å². The summed E-state index contributed by atoms with van der Waals surface area (Å²) >= 11 is 1.32. The molecular weight excluding hydrogens is 436 g/mol. The minimum Gasteiger partial charge on any atom is -0.460 e. The van der Waals surface area contributed by atoms with Crippen LogP contribution >= 0.6 is 11.8 Å². The zero-order valence-corrected chi connectivity index (χ0v) is 19.1. The van der Waals surface area contributed by atoms with Gasteiger partial charge in [-0.25, -0.2) is 5.43 Å². The summed E-state index contributed by atoms with van der Waals surface area (Å²) in [6, 6.07) is 23.4. The second kappa shape index (κ2) is 10.6. The average Bonchev–Trinajstić information content (AvgIpc) is 3.44. The summed E-state index contributed by atoms with van der Waals surface area (Å²) in [4.78, 5) is 12.6. The number of aryl methyl sites for hydroxylation is 1. The number of rotatable bonds is 9. The van der Waals surface area contributed by atoms with E-state index in [0.29, 0.717) is 17.5 Å². The molecule has 2 N–H and O–H groups in total. The average molecular weight is 461 g/mol. The molecule has 2 aromatic heterocycles. The lowest BCUT2D eigenvalue weighted by Gasteiger charge is -2.13. The second-order valence-corrected chi connectivity index (χ2v) is 8.54. The summed E-state index contributed by atoms with van der Waals surface area (Å²) in [5.41, 5.74) is 4.47. The highest BCUT2D eigenvalue weighted by atomic mass is 32.2. The molecule has 0 aliphatic rings. The first-order valence-corrected chi connectivity index (χ1v) is 11.3. The standard InChI is InChI=1S/C24H24N6O2S/c1-17-13-14-21(32-17)15-26-28-23(31)18(2)33-24-29-27-22(16-25-19-9-5-3-6-10-19)30(24)20-11-7-4-8-12-20/h3-15,18,25H,16H2,1-2H3,(H,28,31)/b26-15-/t18-/m1/s1. The first-order chi connectivity index (χ1) is 16.1. The Hall–Kier alpha value is -3.85. The summed E-state index contributed by atoms with van der Waals surface area (Å²) in [6.45, 7) is 4.14. The van der Waals surface area contributed by atoms with E-state index in [1.165, 1.54) is 18.0 Å². The lowest BCUT2D eigenvalue weighted by molar-refractivity contribution is -0.120. The van der Waals surface area contributed by atoms with E-state index >= 15 is 0 Å². The van der Waals surface area contributed by atoms with Gasteiger partial charge < -0.3 is 9.73 Å². The number of nitrogens with one attached hydrogen (secondary N) is 2. The van der Waals surface area contributed by atoms with Gasteiger partial charge in [-0.2, -0.15) is 5.10 Å². The molecule has 0 saturated heterocycles. The summed E-state index contributed by atoms with van der Waals surface area (Å²) in [7, 11) is 0. The summed E-state index contributed by atoms with van der Waals surface area (Å²) in [6.07, 6.45) is 1.47. The molecule has 0 fully saturated rings. The molecule has 0 saturated carbocycles. The van der Waals surface area contributed by atoms with E-state index in [0.717, 1.165) is 23.0 Å². The largest absolute Gasteiger partial charge is 0.460 e. The fourth-order valence-electron chi connectivity index (χ4n) is 3.05. The van der Waals surface area contributed by atoms with Crippen LogP contribution in [0.15, 0.2) is 87.5 Å². The van der Waals surface area contributed by atoms with Crippen LogP contribution in [0.2, 0.25) is 0 Å². The number of thioether (sulfide) groups is 1. The predicted octanol–water partition coefficient (Wildman–Crippen LogP) is 4.41. The van der Waals surface area contributed by atoms with E-state index < -0.39 is 5.25 Å². The normalized spacial score (nSPS) is 12.1. The van der Waals surface area contributed by atoms with Crippen molar-refractivity contribution in [2.24, 2.45) is 5.10 Å². The van der Waals surface area contributed by atoms with Gasteiger partial charge in [0.1, 0.15) is 11.5 Å². The van der Waals surface area contributed by atoms with Gasteiger partial charge in [0.05, 0.1) is 18.0 Å². The number of furan rings is 1. The monoisotopic (exact) mass is 460 g/mol. The van der Waals surface area contributed by atoms with Crippen molar-refractivity contribution in [3.8, 4) is 5.69 Å². The van der Waals surface area contributed by atoms with E-state index in [4.69, 9.17) is 4.42 Å². The minimum atomic E-state index is -0.443. The molecule has 0 radical (unpaired) electrons. The number of anilines is 1. The summed E-state index contributed by atoms with van der Waals surface area (Å²) in [5.74, 6) is 1.86. The highest BCUT2D eigenvalue weighted by Crippen LogP contribution is 2.26. The van der Waals surface area contributed by atoms with Crippen LogP contribution in [-0.4, -0.2) is 32.1 Å². The first-order valence-electron chi connectivity index (χ1n) is 10.4. The number of hydrazone groups is 1. The number of amides is 1. The van der Waals surface area contributed by atoms with Crippen molar-refractivity contribution in [1.29, 1.82) is 0 Å². The molecule has 4 rings (SSSR count). The van der Waals surface area contributed by atoms with Gasteiger partial charge in [-0.15, -0.1) is 10.2 Å². The first kappa shape index (κ1) is 22.3. The molecule has 168 valence electrons. The summed E-state index contributed by atoms with van der Waals surface area (Å²) < 4.78 is 7.37. The molecule has 1 amide bonds. The maximum absolute atomic E-state index is 12.6. The number of carbonyl (C=O) groups is 1. The van der Waals surface area contributed by atoms with Gasteiger partial charge in [0.15, 0.2) is 11.0 Å². The van der Waals surface area contributed by atoms with Gasteiger partial charge >= 0.3 is 0 Å². The summed E-state index contributed by atoms with van der Waals surface area (Å²) in [5, 5.41) is 16.3. The second-order valence-electron chi connectivity index (χ2n) is 7.23. The molecule has 0 unspecified atom stereocenters. The number of aromatic nitrogens is 3. The maximum atomic E-state index is 12.6. The van der Waals surface area contributed by atoms with Crippen LogP contribution < -0.4 is 10.7 Å². The highest BCUT2D eigenvalue weighted by Gasteiger charge is 2.21. The smallest absolute Gasteiger partial charge is 0.253 e. The number of hydrogen-bond acceptors (Lipinski definition) is 7. The topological polar surface area (TPSA) is 97.3 Å². The SMILES string of the molecule is Cc1ccc(/C=N\NC(=O)[C@@H](C)Sc2nnc(CNc3ccccc3)n2-c2ccccc2)o1. The molecule has 2 aromatic carbocycles. The minimum absolute atomic E-state index is 0.244. The Labute approximate surface area is 196 Å². The van der Waals surface area contributed by atoms with Crippen molar-refractivity contribution in [2.45, 2.75) is 30.8 Å². The van der Waals surface area contributed by atoms with Crippen LogP contribution in [0, 0.1) is 6.92 Å². The zero-order chi connectivity index (χ0) is 23.0. The third-order valence-corrected chi connectivity index (χ3v) is 5.76. The van der Waals surface area contributed by atoms with E-state index in [-0.39, 0.29) is 5.91 Å². The fourth-order valence-corrected chi connectivity index (χ4v) is 3.93. The molecular formula is C24H24N6O2S. The van der Waals surface area contributed by atoms with E-state index in [1.807, 2.05) is 78.2 Å². The predicted molar refractivity (Wildman–Crippen MR) is 130 cm³/mol. The van der Waals surface area contributed by atoms with Gasteiger partial charge in [0, 0.05) is 11.4 Å². The lowest BCUT2D eigenvalue weighted by Crippen LogP contribution is -2.27. The molecule has 1 atom stereocenters. The van der Waals surface area contributed by atoms with Crippen LogP contribution in [0.4, 0.5) is 5.69 Å².